The minimum absolute atomic E-state index is 0.0150. The molecule has 0 aliphatic carbocycles. The molecule has 0 bridgehead atoms. The number of carbonyl (C=O) groups excluding carboxylic acids is 2. The first-order chi connectivity index (χ1) is 23.9. The Morgan fingerprint density at radius 1 is 0.800 bits per heavy atom. The van der Waals surface area contributed by atoms with Gasteiger partial charge in [-0.1, -0.05) is 0 Å². The van der Waals surface area contributed by atoms with Gasteiger partial charge in [-0.15, -0.1) is 0 Å². The Labute approximate surface area is 297 Å². The fourth-order valence-electron chi connectivity index (χ4n) is 5.46. The summed E-state index contributed by atoms with van der Waals surface area (Å²) in [5.41, 5.74) is 0.874. The average Bonchev–Trinajstić information content (AvgIpc) is 3.59. The Morgan fingerprint density at radius 3 is 1.94 bits per heavy atom. The van der Waals surface area contributed by atoms with Crippen LogP contribution in [0.15, 0.2) is 57.6 Å². The van der Waals surface area contributed by atoms with Crippen LogP contribution in [0.1, 0.15) is 38.3 Å². The maximum Gasteiger partial charge on any atom is 0.358 e. The first-order valence-corrected chi connectivity index (χ1v) is 16.2. The number of hydrogen-bond acceptors (Lipinski definition) is 9. The maximum atomic E-state index is 14.0. The van der Waals surface area contributed by atoms with Crippen molar-refractivity contribution in [1.29, 1.82) is 0 Å². The number of fused-ring (bicyclic) bond motifs is 6. The summed E-state index contributed by atoms with van der Waals surface area (Å²) in [6, 6.07) is 8.11. The van der Waals surface area contributed by atoms with Crippen LogP contribution in [-0.2, 0) is 22.6 Å². The van der Waals surface area contributed by atoms with Crippen LogP contribution in [0.4, 0.5) is 17.6 Å². The number of halogens is 6. The van der Waals surface area contributed by atoms with Crippen molar-refractivity contribution in [3.63, 3.8) is 0 Å². The van der Waals surface area contributed by atoms with Crippen LogP contribution in [0.5, 0.6) is 11.5 Å². The van der Waals surface area contributed by atoms with Crippen molar-refractivity contribution in [3.8, 4) is 34.3 Å². The number of aliphatic hydroxyl groups excluding tert-OH is 1. The smallest absolute Gasteiger partial charge is 0.358 e. The van der Waals surface area contributed by atoms with Gasteiger partial charge in [-0.2, -0.15) is 0 Å². The Balaban J connectivity index is 0.000000187. The highest BCUT2D eigenvalue weighted by atomic mass is 79.9. The third-order valence-electron chi connectivity index (χ3n) is 7.71. The molecule has 0 radical (unpaired) electrons. The van der Waals surface area contributed by atoms with Crippen molar-refractivity contribution in [2.75, 3.05) is 27.4 Å². The van der Waals surface area contributed by atoms with Crippen LogP contribution in [0.2, 0.25) is 0 Å². The molecule has 2 aliphatic rings. The fourth-order valence-corrected chi connectivity index (χ4v) is 6.15. The zero-order valence-electron chi connectivity index (χ0n) is 26.0. The summed E-state index contributed by atoms with van der Waals surface area (Å²) in [6.45, 7) is 1.11. The molecule has 0 saturated heterocycles. The van der Waals surface area contributed by atoms with Gasteiger partial charge in [0.15, 0.2) is 11.4 Å². The van der Waals surface area contributed by atoms with E-state index in [1.165, 1.54) is 29.9 Å². The second-order valence-electron chi connectivity index (χ2n) is 10.8. The van der Waals surface area contributed by atoms with Gasteiger partial charge in [-0.05, 0) is 61.7 Å². The minimum atomic E-state index is -1.59. The van der Waals surface area contributed by atoms with E-state index in [1.807, 2.05) is 0 Å². The van der Waals surface area contributed by atoms with Gasteiger partial charge in [-0.25, -0.2) is 37.1 Å². The summed E-state index contributed by atoms with van der Waals surface area (Å²) in [5, 5.41) is 10.9. The average molecular weight is 824 g/mol. The topological polar surface area (TPSA) is 127 Å². The number of imidazole rings is 2. The number of aliphatic hydroxyl groups is 1. The van der Waals surface area contributed by atoms with Crippen LogP contribution >= 0.6 is 31.9 Å². The molecule has 50 heavy (non-hydrogen) atoms. The molecule has 0 saturated carbocycles. The Kier molecular flexibility index (Phi) is 10.00. The highest BCUT2D eigenvalue weighted by molar-refractivity contribution is 9.10. The Morgan fingerprint density at radius 2 is 1.36 bits per heavy atom. The second kappa shape index (κ2) is 14.2. The van der Waals surface area contributed by atoms with E-state index in [-0.39, 0.29) is 51.8 Å². The fraction of sp³-hybridized carbons (Fsp3) is 0.212. The molecule has 1 atom stereocenters. The molecule has 4 heterocycles. The van der Waals surface area contributed by atoms with Gasteiger partial charge in [0.25, 0.3) is 0 Å². The molecule has 5 aromatic rings. The molecule has 0 fully saturated rings. The molecule has 0 spiro atoms. The molecule has 7 rings (SSSR count). The summed E-state index contributed by atoms with van der Waals surface area (Å²) in [7, 11) is 2.45. The lowest BCUT2D eigenvalue weighted by Crippen LogP contribution is -2.16. The first-order valence-electron chi connectivity index (χ1n) is 14.6. The number of rotatable bonds is 4. The van der Waals surface area contributed by atoms with Crippen molar-refractivity contribution in [2.45, 2.75) is 19.2 Å². The van der Waals surface area contributed by atoms with Gasteiger partial charge in [0.1, 0.15) is 65.7 Å². The number of hydrogen-bond donors (Lipinski definition) is 1. The SMILES string of the molecule is COC(=O)c1cn2c(n1)-c1cc(Br)c(F)cc1OCC2.COC(=O)c1nc2n(c1C(O)c1cc(F)cc(F)c1)CCOc1cc(F)c(Br)cc1-2. The lowest BCUT2D eigenvalue weighted by Gasteiger charge is -2.16. The molecule has 1 unspecified atom stereocenters. The van der Waals surface area contributed by atoms with E-state index in [0.29, 0.717) is 46.4 Å². The molecule has 260 valence electrons. The van der Waals surface area contributed by atoms with Gasteiger partial charge in [-0.3, -0.25) is 0 Å². The molecular weight excluding hydrogens is 800 g/mol. The largest absolute Gasteiger partial charge is 0.491 e. The van der Waals surface area contributed by atoms with Crippen LogP contribution in [-0.4, -0.2) is 63.6 Å². The minimum Gasteiger partial charge on any atom is -0.491 e. The van der Waals surface area contributed by atoms with E-state index in [9.17, 15) is 32.3 Å². The quantitative estimate of drug-likeness (QED) is 0.157. The monoisotopic (exact) mass is 822 g/mol. The van der Waals surface area contributed by atoms with Crippen molar-refractivity contribution in [3.05, 3.63) is 104 Å². The number of aromatic nitrogens is 4. The standard InChI is InChI=1S/C20H14BrF3N2O4.C13H10BrFN2O3/c1-29-20(28)16-17(18(27)9-4-10(22)6-11(23)5-9)26-2-3-30-15-8-14(24)13(21)7-12(15)19(26)25-16;1-19-13(18)10-6-17-2-3-20-11-5-9(15)8(14)4-7(11)12(17)16-10/h4-8,18,27H,2-3H2,1H3;4-6H,2-3H2,1H3. The van der Waals surface area contributed by atoms with Crippen molar-refractivity contribution >= 4 is 43.8 Å². The van der Waals surface area contributed by atoms with Crippen LogP contribution < -0.4 is 9.47 Å². The second-order valence-corrected chi connectivity index (χ2v) is 12.5. The Hall–Kier alpha value is -4.74. The van der Waals surface area contributed by atoms with Crippen LogP contribution in [0, 0.1) is 23.3 Å². The molecule has 17 heteroatoms. The van der Waals surface area contributed by atoms with E-state index >= 15 is 0 Å². The van der Waals surface area contributed by atoms with E-state index in [0.717, 1.165) is 19.2 Å². The molecule has 11 nitrogen and oxygen atoms in total. The highest BCUT2D eigenvalue weighted by Gasteiger charge is 2.32. The van der Waals surface area contributed by atoms with Gasteiger partial charge >= 0.3 is 11.9 Å². The third-order valence-corrected chi connectivity index (χ3v) is 8.92. The third kappa shape index (κ3) is 6.72. The molecule has 2 aromatic heterocycles. The van der Waals surface area contributed by atoms with E-state index in [2.05, 4.69) is 46.6 Å². The molecule has 1 N–H and O–H groups in total. The number of ether oxygens (including phenoxy) is 4. The molecule has 0 amide bonds. The predicted octanol–water partition coefficient (Wildman–Crippen LogP) is 6.62. The number of esters is 2. The summed E-state index contributed by atoms with van der Waals surface area (Å²) < 4.78 is 79.3. The van der Waals surface area contributed by atoms with Crippen molar-refractivity contribution < 1.29 is 51.2 Å². The molecular formula is C33H24Br2F4N4O7. The van der Waals surface area contributed by atoms with Gasteiger partial charge in [0, 0.05) is 24.4 Å². The summed E-state index contributed by atoms with van der Waals surface area (Å²) in [4.78, 5) is 32.5. The summed E-state index contributed by atoms with van der Waals surface area (Å²) in [6.07, 6.45) is 0.0210. The first kappa shape index (κ1) is 35.1. The summed E-state index contributed by atoms with van der Waals surface area (Å²) in [5.74, 6) is -2.68. The lowest BCUT2D eigenvalue weighted by molar-refractivity contribution is 0.0582. The lowest BCUT2D eigenvalue weighted by atomic mass is 10.0. The van der Waals surface area contributed by atoms with Crippen molar-refractivity contribution in [1.82, 2.24) is 19.1 Å². The zero-order valence-corrected chi connectivity index (χ0v) is 29.1. The number of carbonyl (C=O) groups is 2. The normalized spacial score (nSPS) is 13.4. The number of benzene rings is 3. The van der Waals surface area contributed by atoms with E-state index in [1.54, 1.807) is 16.8 Å². The van der Waals surface area contributed by atoms with Gasteiger partial charge in [0.05, 0.1) is 53.1 Å². The zero-order chi connectivity index (χ0) is 35.9. The van der Waals surface area contributed by atoms with Gasteiger partial charge < -0.3 is 33.2 Å². The summed E-state index contributed by atoms with van der Waals surface area (Å²) >= 11 is 6.25. The molecule has 3 aromatic carbocycles. The van der Waals surface area contributed by atoms with Crippen molar-refractivity contribution in [2.24, 2.45) is 0 Å². The van der Waals surface area contributed by atoms with Crippen LogP contribution in [0.25, 0.3) is 22.8 Å². The maximum absolute atomic E-state index is 14.0. The van der Waals surface area contributed by atoms with Crippen LogP contribution in [0.3, 0.4) is 0 Å². The van der Waals surface area contributed by atoms with Gasteiger partial charge in [0.2, 0.25) is 0 Å². The molecule has 2 aliphatic heterocycles. The predicted molar refractivity (Wildman–Crippen MR) is 175 cm³/mol. The highest BCUT2D eigenvalue weighted by Crippen LogP contribution is 2.40. The van der Waals surface area contributed by atoms with E-state index in [4.69, 9.17) is 14.2 Å². The Bertz CT molecular complexity index is 2140. The number of methoxy groups -OCH3 is 2. The van der Waals surface area contributed by atoms with E-state index < -0.39 is 41.3 Å². The number of nitrogens with zero attached hydrogens (tertiary/aromatic N) is 4.